The van der Waals surface area contributed by atoms with E-state index in [1.807, 2.05) is 24.3 Å². The Kier molecular flexibility index (Phi) is 6.62. The van der Waals surface area contributed by atoms with Crippen molar-refractivity contribution in [1.82, 2.24) is 4.57 Å². The van der Waals surface area contributed by atoms with Crippen molar-refractivity contribution >= 4 is 10.9 Å². The molecule has 2 aromatic carbocycles. The first-order valence-corrected chi connectivity index (χ1v) is 10.6. The van der Waals surface area contributed by atoms with Gasteiger partial charge in [-0.25, -0.2) is 4.39 Å². The molecule has 1 aromatic heterocycles. The van der Waals surface area contributed by atoms with Crippen molar-refractivity contribution in [3.63, 3.8) is 0 Å². The lowest BCUT2D eigenvalue weighted by molar-refractivity contribution is -0.231. The lowest BCUT2D eigenvalue weighted by Gasteiger charge is -2.40. The Morgan fingerprint density at radius 1 is 0.969 bits per heavy atom. The molecule has 7 nitrogen and oxygen atoms in total. The van der Waals surface area contributed by atoms with Gasteiger partial charge >= 0.3 is 0 Å². The molecule has 32 heavy (non-hydrogen) atoms. The Bertz CT molecular complexity index is 1080. The van der Waals surface area contributed by atoms with Gasteiger partial charge in [-0.1, -0.05) is 24.3 Å². The summed E-state index contributed by atoms with van der Waals surface area (Å²) in [5.41, 5.74) is 3.41. The molecule has 1 saturated heterocycles. The number of hydrogen-bond acceptors (Lipinski definition) is 6. The number of aliphatic hydroxyl groups is 5. The van der Waals surface area contributed by atoms with Crippen molar-refractivity contribution in [3.8, 4) is 0 Å². The third-order valence-electron chi connectivity index (χ3n) is 6.08. The van der Waals surface area contributed by atoms with Crippen molar-refractivity contribution in [1.29, 1.82) is 0 Å². The lowest BCUT2D eigenvalue weighted by atomic mass is 9.91. The molecule has 1 aliphatic heterocycles. The second-order valence-electron chi connectivity index (χ2n) is 8.39. The average Bonchev–Trinajstić information content (AvgIpc) is 3.12. The molecule has 0 unspecified atom stereocenters. The van der Waals surface area contributed by atoms with Crippen LogP contribution in [0, 0.1) is 12.7 Å². The van der Waals surface area contributed by atoms with Crippen LogP contribution in [0.25, 0.3) is 10.9 Å². The summed E-state index contributed by atoms with van der Waals surface area (Å²) < 4.78 is 22.5. The van der Waals surface area contributed by atoms with E-state index in [-0.39, 0.29) is 6.61 Å². The van der Waals surface area contributed by atoms with Gasteiger partial charge in [-0.15, -0.1) is 0 Å². The van der Waals surface area contributed by atoms with E-state index in [0.717, 1.165) is 11.1 Å². The molecule has 4 rings (SSSR count). The van der Waals surface area contributed by atoms with Gasteiger partial charge < -0.3 is 34.8 Å². The zero-order valence-electron chi connectivity index (χ0n) is 17.7. The first kappa shape index (κ1) is 22.8. The third kappa shape index (κ3) is 4.17. The van der Waals surface area contributed by atoms with Crippen LogP contribution in [0.15, 0.2) is 42.6 Å². The molecule has 1 fully saturated rings. The number of aromatic nitrogens is 1. The summed E-state index contributed by atoms with van der Waals surface area (Å²) in [6, 6.07) is 10.9. The van der Waals surface area contributed by atoms with E-state index >= 15 is 4.39 Å². The average molecular weight is 445 g/mol. The number of ether oxygens (including phenoxy) is 1. The molecule has 1 aliphatic rings. The quantitative estimate of drug-likeness (QED) is 0.389. The molecule has 172 valence electrons. The molecule has 3 aromatic rings. The summed E-state index contributed by atoms with van der Waals surface area (Å²) in [6.45, 7) is 1.65. The minimum Gasteiger partial charge on any atom is -0.396 e. The number of nitrogens with zero attached hydrogens (tertiary/aromatic N) is 1. The zero-order valence-corrected chi connectivity index (χ0v) is 17.7. The van der Waals surface area contributed by atoms with Crippen LogP contribution in [0.1, 0.15) is 28.4 Å². The van der Waals surface area contributed by atoms with E-state index in [1.54, 1.807) is 23.8 Å². The van der Waals surface area contributed by atoms with Crippen LogP contribution < -0.4 is 0 Å². The third-order valence-corrected chi connectivity index (χ3v) is 6.08. The van der Waals surface area contributed by atoms with Crippen LogP contribution in [0.3, 0.4) is 0 Å². The first-order chi connectivity index (χ1) is 15.3. The van der Waals surface area contributed by atoms with Gasteiger partial charge in [0.15, 0.2) is 0 Å². The maximum Gasteiger partial charge on any atom is 0.147 e. The number of aryl methyl sites for hydroxylation is 1. The van der Waals surface area contributed by atoms with E-state index in [1.165, 1.54) is 6.07 Å². The van der Waals surface area contributed by atoms with Gasteiger partial charge in [0, 0.05) is 30.3 Å². The summed E-state index contributed by atoms with van der Waals surface area (Å²) in [5, 5.41) is 50.1. The summed E-state index contributed by atoms with van der Waals surface area (Å²) in [7, 11) is 0. The minimum atomic E-state index is -1.52. The summed E-state index contributed by atoms with van der Waals surface area (Å²) >= 11 is 0. The Balaban J connectivity index is 1.77. The van der Waals surface area contributed by atoms with Gasteiger partial charge in [-0.3, -0.25) is 0 Å². The molecule has 5 atom stereocenters. The molecule has 0 amide bonds. The predicted octanol–water partition coefficient (Wildman–Crippen LogP) is 1.19. The molecule has 0 aliphatic carbocycles. The van der Waals surface area contributed by atoms with E-state index in [0.29, 0.717) is 35.0 Å². The van der Waals surface area contributed by atoms with Crippen LogP contribution >= 0.6 is 0 Å². The number of aliphatic hydroxyl groups excluding tert-OH is 5. The van der Waals surface area contributed by atoms with E-state index in [4.69, 9.17) is 9.84 Å². The standard InChI is InChI=1S/C24H28FNO6/c1-13-8-16-17(24-23(31)22(30)21(29)19(12-28)32-24)11-26(20(16)18(25)9-13)10-15-4-2-14(3-5-15)6-7-27/h2-5,8-9,11,19,21-24,27-31H,6-7,10,12H2,1H3/t19-,21-,22+,23-,24+/m1/s1. The number of rotatable bonds is 6. The molecular formula is C24H28FNO6. The van der Waals surface area contributed by atoms with Gasteiger partial charge in [0.2, 0.25) is 0 Å². The zero-order chi connectivity index (χ0) is 23.0. The number of benzene rings is 2. The summed E-state index contributed by atoms with van der Waals surface area (Å²) in [5.74, 6) is -0.423. The van der Waals surface area contributed by atoms with Crippen LogP contribution in [-0.4, -0.2) is 67.7 Å². The molecule has 5 N–H and O–H groups in total. The molecule has 8 heteroatoms. The fourth-order valence-electron chi connectivity index (χ4n) is 4.40. The lowest BCUT2D eigenvalue weighted by Crippen LogP contribution is -2.55. The molecule has 0 saturated carbocycles. The maximum absolute atomic E-state index is 15.1. The molecule has 0 radical (unpaired) electrons. The van der Waals surface area contributed by atoms with Crippen LogP contribution in [0.2, 0.25) is 0 Å². The number of halogens is 1. The van der Waals surface area contributed by atoms with Gasteiger partial charge in [0.25, 0.3) is 0 Å². The van der Waals surface area contributed by atoms with Gasteiger partial charge in [-0.05, 0) is 42.2 Å². The largest absolute Gasteiger partial charge is 0.396 e. The molecule has 2 heterocycles. The molecule has 0 spiro atoms. The maximum atomic E-state index is 15.1. The minimum absolute atomic E-state index is 0.0641. The summed E-state index contributed by atoms with van der Waals surface area (Å²) in [4.78, 5) is 0. The number of hydrogen-bond donors (Lipinski definition) is 5. The van der Waals surface area contributed by atoms with Crippen molar-refractivity contribution in [2.45, 2.75) is 50.4 Å². The second kappa shape index (κ2) is 9.27. The fourth-order valence-corrected chi connectivity index (χ4v) is 4.40. The first-order valence-electron chi connectivity index (χ1n) is 10.6. The number of fused-ring (bicyclic) bond motifs is 1. The van der Waals surface area contributed by atoms with Gasteiger partial charge in [0.1, 0.15) is 36.3 Å². The Hall–Kier alpha value is -2.33. The van der Waals surface area contributed by atoms with Crippen molar-refractivity contribution in [2.24, 2.45) is 0 Å². The summed E-state index contributed by atoms with van der Waals surface area (Å²) in [6.07, 6.45) is -4.29. The van der Waals surface area contributed by atoms with Crippen molar-refractivity contribution in [3.05, 3.63) is 70.7 Å². The molecular weight excluding hydrogens is 417 g/mol. The second-order valence-corrected chi connectivity index (χ2v) is 8.39. The van der Waals surface area contributed by atoms with E-state index in [9.17, 15) is 20.4 Å². The SMILES string of the molecule is Cc1cc(F)c2c(c1)c([C@@H]1O[C@H](CO)[C@@H](O)[C@H](O)[C@H]1O)cn2Cc1ccc(CCO)cc1. The topological polar surface area (TPSA) is 115 Å². The van der Waals surface area contributed by atoms with Crippen molar-refractivity contribution in [2.75, 3.05) is 13.2 Å². The molecule has 0 bridgehead atoms. The predicted molar refractivity (Wildman–Crippen MR) is 116 cm³/mol. The van der Waals surface area contributed by atoms with E-state index < -0.39 is 42.9 Å². The van der Waals surface area contributed by atoms with Gasteiger partial charge in [-0.2, -0.15) is 0 Å². The highest BCUT2D eigenvalue weighted by atomic mass is 19.1. The Morgan fingerprint density at radius 2 is 1.66 bits per heavy atom. The van der Waals surface area contributed by atoms with Crippen LogP contribution in [-0.2, 0) is 17.7 Å². The fraction of sp³-hybridized carbons (Fsp3) is 0.417. The Morgan fingerprint density at radius 3 is 2.31 bits per heavy atom. The van der Waals surface area contributed by atoms with Gasteiger partial charge in [0.05, 0.1) is 12.1 Å². The highest BCUT2D eigenvalue weighted by Crippen LogP contribution is 2.38. The Labute approximate surface area is 184 Å². The monoisotopic (exact) mass is 445 g/mol. The van der Waals surface area contributed by atoms with Crippen molar-refractivity contribution < 1.29 is 34.7 Å². The highest BCUT2D eigenvalue weighted by molar-refractivity contribution is 5.86. The highest BCUT2D eigenvalue weighted by Gasteiger charge is 2.45. The van der Waals surface area contributed by atoms with E-state index in [2.05, 4.69) is 0 Å². The normalized spacial score (nSPS) is 26.0. The van der Waals surface area contributed by atoms with Crippen LogP contribution in [0.5, 0.6) is 0 Å². The van der Waals surface area contributed by atoms with Crippen LogP contribution in [0.4, 0.5) is 4.39 Å². The smallest absolute Gasteiger partial charge is 0.147 e.